The summed E-state index contributed by atoms with van der Waals surface area (Å²) in [6, 6.07) is 14.3. The van der Waals surface area contributed by atoms with Crippen molar-refractivity contribution < 1.29 is 19.4 Å². The average Bonchev–Trinajstić information content (AvgIpc) is 2.48. The van der Waals surface area contributed by atoms with Crippen molar-refractivity contribution in [2.45, 2.75) is 6.92 Å². The minimum Gasteiger partial charge on any atom is -0.480 e. The summed E-state index contributed by atoms with van der Waals surface area (Å²) in [5, 5.41) is 8.72. The molecule has 5 nitrogen and oxygen atoms in total. The van der Waals surface area contributed by atoms with Crippen LogP contribution >= 0.6 is 0 Å². The molecule has 5 heteroatoms. The molecule has 2 rings (SSSR count). The van der Waals surface area contributed by atoms with Crippen LogP contribution in [0.3, 0.4) is 0 Å². The van der Waals surface area contributed by atoms with Gasteiger partial charge in [0, 0.05) is 5.69 Å². The van der Waals surface area contributed by atoms with Crippen molar-refractivity contribution in [3.05, 3.63) is 54.1 Å². The van der Waals surface area contributed by atoms with Crippen molar-refractivity contribution in [2.75, 3.05) is 11.4 Å². The molecule has 0 saturated heterocycles. The standard InChI is InChI=1S/C16H15NO4/c1-12-2-6-14(7-3-12)21-15-8-4-13(5-9-15)17(11-18)10-16(19)20/h2-9,11H,10H2,1H3,(H,19,20). The molecule has 108 valence electrons. The van der Waals surface area contributed by atoms with E-state index in [-0.39, 0.29) is 6.54 Å². The van der Waals surface area contributed by atoms with Crippen LogP contribution in [0.5, 0.6) is 11.5 Å². The molecule has 0 aliphatic carbocycles. The number of amides is 1. The minimum absolute atomic E-state index is 0.373. The second-order valence-electron chi connectivity index (χ2n) is 4.54. The molecule has 1 amide bonds. The van der Waals surface area contributed by atoms with E-state index in [0.29, 0.717) is 23.6 Å². The van der Waals surface area contributed by atoms with Crippen LogP contribution in [0.15, 0.2) is 48.5 Å². The lowest BCUT2D eigenvalue weighted by molar-refractivity contribution is -0.136. The number of aliphatic carboxylic acids is 1. The Kier molecular flexibility index (Phi) is 4.56. The fourth-order valence-corrected chi connectivity index (χ4v) is 1.78. The maximum atomic E-state index is 10.9. The van der Waals surface area contributed by atoms with E-state index in [1.807, 2.05) is 31.2 Å². The van der Waals surface area contributed by atoms with Crippen LogP contribution in [0.4, 0.5) is 5.69 Å². The number of aryl methyl sites for hydroxylation is 1. The van der Waals surface area contributed by atoms with E-state index in [4.69, 9.17) is 9.84 Å². The summed E-state index contributed by atoms with van der Waals surface area (Å²) >= 11 is 0. The Balaban J connectivity index is 2.09. The zero-order valence-electron chi connectivity index (χ0n) is 11.5. The zero-order chi connectivity index (χ0) is 15.2. The summed E-state index contributed by atoms with van der Waals surface area (Å²) in [6.07, 6.45) is 0.490. The Morgan fingerprint density at radius 2 is 1.62 bits per heavy atom. The second kappa shape index (κ2) is 6.56. The van der Waals surface area contributed by atoms with Crippen molar-refractivity contribution in [3.63, 3.8) is 0 Å². The van der Waals surface area contributed by atoms with Gasteiger partial charge in [0.15, 0.2) is 0 Å². The van der Waals surface area contributed by atoms with E-state index in [1.165, 1.54) is 0 Å². The zero-order valence-corrected chi connectivity index (χ0v) is 11.5. The Morgan fingerprint density at radius 3 is 2.10 bits per heavy atom. The lowest BCUT2D eigenvalue weighted by Gasteiger charge is -2.15. The molecule has 0 bridgehead atoms. The largest absolute Gasteiger partial charge is 0.480 e. The van der Waals surface area contributed by atoms with Crippen molar-refractivity contribution in [1.82, 2.24) is 0 Å². The molecule has 2 aromatic rings. The molecular weight excluding hydrogens is 270 g/mol. The first-order valence-electron chi connectivity index (χ1n) is 6.37. The van der Waals surface area contributed by atoms with Crippen LogP contribution < -0.4 is 9.64 Å². The first-order valence-corrected chi connectivity index (χ1v) is 6.37. The SMILES string of the molecule is Cc1ccc(Oc2ccc(N(C=O)CC(=O)O)cc2)cc1. The third-order valence-corrected chi connectivity index (χ3v) is 2.86. The Morgan fingerprint density at radius 1 is 1.10 bits per heavy atom. The molecule has 0 aliphatic rings. The third kappa shape index (κ3) is 4.07. The predicted molar refractivity (Wildman–Crippen MR) is 78.7 cm³/mol. The van der Waals surface area contributed by atoms with Crippen molar-refractivity contribution in [2.24, 2.45) is 0 Å². The topological polar surface area (TPSA) is 66.8 Å². The Hall–Kier alpha value is -2.82. The van der Waals surface area contributed by atoms with Crippen LogP contribution in [0.25, 0.3) is 0 Å². The van der Waals surface area contributed by atoms with Gasteiger partial charge < -0.3 is 14.7 Å². The smallest absolute Gasteiger partial charge is 0.323 e. The average molecular weight is 285 g/mol. The number of carbonyl (C=O) groups excluding carboxylic acids is 1. The van der Waals surface area contributed by atoms with Gasteiger partial charge in [-0.25, -0.2) is 0 Å². The number of nitrogens with zero attached hydrogens (tertiary/aromatic N) is 1. The van der Waals surface area contributed by atoms with Gasteiger partial charge in [-0.3, -0.25) is 9.59 Å². The maximum absolute atomic E-state index is 10.9. The van der Waals surface area contributed by atoms with Gasteiger partial charge in [-0.1, -0.05) is 17.7 Å². The molecule has 0 radical (unpaired) electrons. The molecule has 0 unspecified atom stereocenters. The summed E-state index contributed by atoms with van der Waals surface area (Å²) in [6.45, 7) is 1.62. The first-order chi connectivity index (χ1) is 10.1. The quantitative estimate of drug-likeness (QED) is 0.829. The number of carboxylic acid groups (broad SMARTS) is 1. The number of benzene rings is 2. The van der Waals surface area contributed by atoms with Crippen LogP contribution in [-0.2, 0) is 9.59 Å². The lowest BCUT2D eigenvalue weighted by atomic mass is 10.2. The van der Waals surface area contributed by atoms with E-state index in [1.54, 1.807) is 24.3 Å². The first kappa shape index (κ1) is 14.6. The third-order valence-electron chi connectivity index (χ3n) is 2.86. The van der Waals surface area contributed by atoms with Gasteiger partial charge >= 0.3 is 5.97 Å². The van der Waals surface area contributed by atoms with E-state index in [2.05, 4.69) is 0 Å². The second-order valence-corrected chi connectivity index (χ2v) is 4.54. The normalized spacial score (nSPS) is 9.95. The number of carbonyl (C=O) groups is 2. The summed E-state index contributed by atoms with van der Waals surface area (Å²) in [4.78, 5) is 22.6. The number of rotatable bonds is 6. The summed E-state index contributed by atoms with van der Waals surface area (Å²) in [5.41, 5.74) is 1.65. The number of ether oxygens (including phenoxy) is 1. The highest BCUT2D eigenvalue weighted by Crippen LogP contribution is 2.24. The number of carboxylic acids is 1. The number of anilines is 1. The van der Waals surface area contributed by atoms with E-state index >= 15 is 0 Å². The molecule has 21 heavy (non-hydrogen) atoms. The van der Waals surface area contributed by atoms with Crippen LogP contribution in [-0.4, -0.2) is 24.0 Å². The molecule has 0 aromatic heterocycles. The highest BCUT2D eigenvalue weighted by Gasteiger charge is 2.09. The van der Waals surface area contributed by atoms with Crippen LogP contribution in [0, 0.1) is 6.92 Å². The van der Waals surface area contributed by atoms with Gasteiger partial charge in [-0.05, 0) is 43.3 Å². The van der Waals surface area contributed by atoms with Gasteiger partial charge in [-0.15, -0.1) is 0 Å². The fourth-order valence-electron chi connectivity index (χ4n) is 1.78. The summed E-state index contributed by atoms with van der Waals surface area (Å²) in [7, 11) is 0. The number of hydrogen-bond acceptors (Lipinski definition) is 3. The van der Waals surface area contributed by atoms with Crippen molar-refractivity contribution in [1.29, 1.82) is 0 Å². The molecule has 0 aliphatic heterocycles. The molecule has 0 fully saturated rings. The monoisotopic (exact) mass is 285 g/mol. The molecular formula is C16H15NO4. The number of hydrogen-bond donors (Lipinski definition) is 1. The maximum Gasteiger partial charge on any atom is 0.323 e. The molecule has 0 atom stereocenters. The van der Waals surface area contributed by atoms with Crippen LogP contribution in [0.1, 0.15) is 5.56 Å². The van der Waals surface area contributed by atoms with Gasteiger partial charge in [-0.2, -0.15) is 0 Å². The van der Waals surface area contributed by atoms with Gasteiger partial charge in [0.2, 0.25) is 6.41 Å². The molecule has 0 spiro atoms. The van der Waals surface area contributed by atoms with Crippen molar-refractivity contribution >= 4 is 18.1 Å². The highest BCUT2D eigenvalue weighted by molar-refractivity contribution is 5.84. The van der Waals surface area contributed by atoms with E-state index in [0.717, 1.165) is 10.5 Å². The van der Waals surface area contributed by atoms with Crippen LogP contribution in [0.2, 0.25) is 0 Å². The summed E-state index contributed by atoms with van der Waals surface area (Å²) < 4.78 is 5.66. The predicted octanol–water partition coefficient (Wildman–Crippen LogP) is 2.83. The van der Waals surface area contributed by atoms with E-state index in [9.17, 15) is 9.59 Å². The minimum atomic E-state index is -1.07. The van der Waals surface area contributed by atoms with Crippen molar-refractivity contribution in [3.8, 4) is 11.5 Å². The fraction of sp³-hybridized carbons (Fsp3) is 0.125. The molecule has 0 heterocycles. The Bertz CT molecular complexity index is 620. The van der Waals surface area contributed by atoms with Gasteiger partial charge in [0.25, 0.3) is 0 Å². The Labute approximate surface area is 122 Å². The molecule has 0 saturated carbocycles. The van der Waals surface area contributed by atoms with E-state index < -0.39 is 5.97 Å². The molecule has 2 aromatic carbocycles. The summed E-state index contributed by atoms with van der Waals surface area (Å²) in [5.74, 6) is 0.261. The highest BCUT2D eigenvalue weighted by atomic mass is 16.5. The van der Waals surface area contributed by atoms with Gasteiger partial charge in [0.05, 0.1) is 0 Å². The molecule has 1 N–H and O–H groups in total. The van der Waals surface area contributed by atoms with Gasteiger partial charge in [0.1, 0.15) is 18.0 Å². The lowest BCUT2D eigenvalue weighted by Crippen LogP contribution is -2.27.